The number of hydrogen-bond donors (Lipinski definition) is 2. The summed E-state index contributed by atoms with van der Waals surface area (Å²) in [5.74, 6) is 0. The van der Waals surface area contributed by atoms with Crippen molar-refractivity contribution in [2.45, 2.75) is 38.6 Å². The van der Waals surface area contributed by atoms with Crippen molar-refractivity contribution in [3.05, 3.63) is 29.3 Å². The number of anilines is 1. The molecule has 1 aromatic rings. The van der Waals surface area contributed by atoms with Gasteiger partial charge in [0, 0.05) is 18.3 Å². The summed E-state index contributed by atoms with van der Waals surface area (Å²) in [7, 11) is 0. The van der Waals surface area contributed by atoms with Gasteiger partial charge in [-0.2, -0.15) is 0 Å². The Morgan fingerprint density at radius 1 is 1.33 bits per heavy atom. The first kappa shape index (κ1) is 10.5. The lowest BCUT2D eigenvalue weighted by molar-refractivity contribution is 0.584. The molecule has 0 unspecified atom stereocenters. The zero-order chi connectivity index (χ0) is 11.1. The Kier molecular flexibility index (Phi) is 2.47. The maximum absolute atomic E-state index is 6.12. The van der Waals surface area contributed by atoms with Crippen LogP contribution in [-0.2, 0) is 5.41 Å². The summed E-state index contributed by atoms with van der Waals surface area (Å²) >= 11 is 0. The van der Waals surface area contributed by atoms with E-state index in [9.17, 15) is 0 Å². The summed E-state index contributed by atoms with van der Waals surface area (Å²) in [6.45, 7) is 7.69. The average Bonchev–Trinajstić information content (AvgIpc) is 2.16. The van der Waals surface area contributed by atoms with Crippen molar-refractivity contribution in [1.29, 1.82) is 0 Å². The van der Waals surface area contributed by atoms with Crippen LogP contribution in [0.25, 0.3) is 0 Å². The Balaban J connectivity index is 2.44. The second kappa shape index (κ2) is 3.53. The molecule has 0 saturated heterocycles. The molecule has 0 fully saturated rings. The van der Waals surface area contributed by atoms with Crippen LogP contribution in [0.4, 0.5) is 5.69 Å². The van der Waals surface area contributed by atoms with E-state index in [1.165, 1.54) is 16.8 Å². The van der Waals surface area contributed by atoms with Crippen molar-refractivity contribution in [2.24, 2.45) is 5.73 Å². The number of benzene rings is 1. The summed E-state index contributed by atoms with van der Waals surface area (Å²) in [4.78, 5) is 0. The minimum absolute atomic E-state index is 0.198. The van der Waals surface area contributed by atoms with E-state index in [-0.39, 0.29) is 11.5 Å². The molecule has 15 heavy (non-hydrogen) atoms. The Bertz CT molecular complexity index is 363. The lowest BCUT2D eigenvalue weighted by Gasteiger charge is -2.27. The molecule has 2 rings (SSSR count). The fourth-order valence-corrected chi connectivity index (χ4v) is 2.01. The van der Waals surface area contributed by atoms with Crippen LogP contribution < -0.4 is 11.1 Å². The minimum atomic E-state index is 0.198. The SMILES string of the molecule is CC(C)(C)c1ccc2c(c1)[C@@H](N)CCN2. The standard InChI is InChI=1S/C13H20N2/c1-13(2,3)9-4-5-12-10(8-9)11(14)6-7-15-12/h4-5,8,11,15H,6-7,14H2,1-3H3/t11-/m0/s1. The molecule has 0 aliphatic carbocycles. The molecule has 1 aromatic carbocycles. The van der Waals surface area contributed by atoms with Gasteiger partial charge in [-0.3, -0.25) is 0 Å². The molecule has 0 saturated carbocycles. The Morgan fingerprint density at radius 3 is 2.73 bits per heavy atom. The van der Waals surface area contributed by atoms with Crippen LogP contribution in [0.1, 0.15) is 44.4 Å². The van der Waals surface area contributed by atoms with Gasteiger partial charge in [-0.25, -0.2) is 0 Å². The highest BCUT2D eigenvalue weighted by atomic mass is 14.9. The number of nitrogens with two attached hydrogens (primary N) is 1. The predicted octanol–water partition coefficient (Wildman–Crippen LogP) is 2.80. The van der Waals surface area contributed by atoms with E-state index in [4.69, 9.17) is 5.73 Å². The normalized spacial score (nSPS) is 20.7. The third-order valence-electron chi connectivity index (χ3n) is 3.09. The third-order valence-corrected chi connectivity index (χ3v) is 3.09. The van der Waals surface area contributed by atoms with Gasteiger partial charge in [-0.15, -0.1) is 0 Å². The molecule has 0 aromatic heterocycles. The first-order valence-corrected chi connectivity index (χ1v) is 5.62. The molecular formula is C13H20N2. The fraction of sp³-hybridized carbons (Fsp3) is 0.538. The van der Waals surface area contributed by atoms with Crippen molar-refractivity contribution in [3.63, 3.8) is 0 Å². The fourth-order valence-electron chi connectivity index (χ4n) is 2.01. The molecule has 1 aliphatic heterocycles. The zero-order valence-corrected chi connectivity index (χ0v) is 9.80. The molecule has 1 atom stereocenters. The highest BCUT2D eigenvalue weighted by molar-refractivity contribution is 5.56. The predicted molar refractivity (Wildman–Crippen MR) is 65.2 cm³/mol. The second-order valence-electron chi connectivity index (χ2n) is 5.37. The summed E-state index contributed by atoms with van der Waals surface area (Å²) in [6.07, 6.45) is 1.03. The molecule has 1 heterocycles. The quantitative estimate of drug-likeness (QED) is 0.682. The van der Waals surface area contributed by atoms with Gasteiger partial charge in [0.05, 0.1) is 0 Å². The smallest absolute Gasteiger partial charge is 0.0388 e. The highest BCUT2D eigenvalue weighted by Crippen LogP contribution is 2.32. The van der Waals surface area contributed by atoms with E-state index < -0.39 is 0 Å². The Morgan fingerprint density at radius 2 is 2.07 bits per heavy atom. The van der Waals surface area contributed by atoms with Crippen LogP contribution in [0.5, 0.6) is 0 Å². The van der Waals surface area contributed by atoms with Crippen LogP contribution in [0.2, 0.25) is 0 Å². The van der Waals surface area contributed by atoms with E-state index in [1.54, 1.807) is 0 Å². The van der Waals surface area contributed by atoms with Crippen LogP contribution in [-0.4, -0.2) is 6.54 Å². The maximum Gasteiger partial charge on any atom is 0.0388 e. The molecule has 0 radical (unpaired) electrons. The van der Waals surface area contributed by atoms with Crippen LogP contribution in [0, 0.1) is 0 Å². The molecule has 1 aliphatic rings. The van der Waals surface area contributed by atoms with E-state index in [0.29, 0.717) is 0 Å². The van der Waals surface area contributed by atoms with E-state index >= 15 is 0 Å². The number of hydrogen-bond acceptors (Lipinski definition) is 2. The zero-order valence-electron chi connectivity index (χ0n) is 9.80. The summed E-state index contributed by atoms with van der Waals surface area (Å²) in [6, 6.07) is 6.81. The molecule has 82 valence electrons. The monoisotopic (exact) mass is 204 g/mol. The van der Waals surface area contributed by atoms with Crippen molar-refractivity contribution in [2.75, 3.05) is 11.9 Å². The first-order chi connectivity index (χ1) is 6.98. The Labute approximate surface area is 91.9 Å². The van der Waals surface area contributed by atoms with Gasteiger partial charge < -0.3 is 11.1 Å². The Hall–Kier alpha value is -1.02. The molecule has 0 bridgehead atoms. The highest BCUT2D eigenvalue weighted by Gasteiger charge is 2.20. The van der Waals surface area contributed by atoms with Crippen molar-refractivity contribution >= 4 is 5.69 Å². The van der Waals surface area contributed by atoms with E-state index in [1.807, 2.05) is 0 Å². The summed E-state index contributed by atoms with van der Waals surface area (Å²) in [5.41, 5.74) is 10.2. The van der Waals surface area contributed by atoms with Crippen LogP contribution in [0.3, 0.4) is 0 Å². The lowest BCUT2D eigenvalue weighted by Crippen LogP contribution is -2.23. The van der Waals surface area contributed by atoms with Gasteiger partial charge in [0.2, 0.25) is 0 Å². The van der Waals surface area contributed by atoms with Crippen molar-refractivity contribution in [1.82, 2.24) is 0 Å². The van der Waals surface area contributed by atoms with E-state index in [2.05, 4.69) is 44.3 Å². The number of nitrogens with one attached hydrogen (secondary N) is 1. The molecule has 2 heteroatoms. The topological polar surface area (TPSA) is 38.0 Å². The van der Waals surface area contributed by atoms with Gasteiger partial charge in [-0.05, 0) is 29.0 Å². The van der Waals surface area contributed by atoms with E-state index in [0.717, 1.165) is 13.0 Å². The second-order valence-corrected chi connectivity index (χ2v) is 5.37. The van der Waals surface area contributed by atoms with Crippen LogP contribution >= 0.6 is 0 Å². The number of rotatable bonds is 0. The van der Waals surface area contributed by atoms with Crippen molar-refractivity contribution < 1.29 is 0 Å². The van der Waals surface area contributed by atoms with Gasteiger partial charge >= 0.3 is 0 Å². The van der Waals surface area contributed by atoms with Gasteiger partial charge in [0.1, 0.15) is 0 Å². The van der Waals surface area contributed by atoms with Gasteiger partial charge in [-0.1, -0.05) is 32.9 Å². The lowest BCUT2D eigenvalue weighted by atomic mass is 9.84. The van der Waals surface area contributed by atoms with Crippen LogP contribution in [0.15, 0.2) is 18.2 Å². The summed E-state index contributed by atoms with van der Waals surface area (Å²) in [5, 5.41) is 3.39. The molecule has 0 spiro atoms. The largest absolute Gasteiger partial charge is 0.385 e. The van der Waals surface area contributed by atoms with Gasteiger partial charge in [0.25, 0.3) is 0 Å². The summed E-state index contributed by atoms with van der Waals surface area (Å²) < 4.78 is 0. The maximum atomic E-state index is 6.12. The minimum Gasteiger partial charge on any atom is -0.385 e. The first-order valence-electron chi connectivity index (χ1n) is 5.62. The molecule has 2 nitrogen and oxygen atoms in total. The van der Waals surface area contributed by atoms with Crippen molar-refractivity contribution in [3.8, 4) is 0 Å². The molecular weight excluding hydrogens is 184 g/mol. The third kappa shape index (κ3) is 2.00. The average molecular weight is 204 g/mol. The van der Waals surface area contributed by atoms with Gasteiger partial charge in [0.15, 0.2) is 0 Å². The molecule has 3 N–H and O–H groups in total. The number of fused-ring (bicyclic) bond motifs is 1. The molecule has 0 amide bonds.